The molecule has 1 aromatic carbocycles. The molecular formula is C15H21N3S. The molecule has 1 atom stereocenters. The van der Waals surface area contributed by atoms with E-state index < -0.39 is 0 Å². The minimum absolute atomic E-state index is 0.347. The van der Waals surface area contributed by atoms with Gasteiger partial charge in [-0.25, -0.2) is 4.68 Å². The van der Waals surface area contributed by atoms with Crippen LogP contribution in [0.15, 0.2) is 42.7 Å². The fraction of sp³-hybridized carbons (Fsp3) is 0.400. The van der Waals surface area contributed by atoms with Gasteiger partial charge < -0.3 is 5.32 Å². The summed E-state index contributed by atoms with van der Waals surface area (Å²) < 4.78 is 1.93. The fourth-order valence-electron chi connectivity index (χ4n) is 1.94. The lowest BCUT2D eigenvalue weighted by Crippen LogP contribution is -2.19. The molecule has 2 aromatic rings. The lowest BCUT2D eigenvalue weighted by Gasteiger charge is -2.11. The Morgan fingerprint density at radius 3 is 2.84 bits per heavy atom. The maximum atomic E-state index is 4.42. The van der Waals surface area contributed by atoms with Gasteiger partial charge in [0.15, 0.2) is 0 Å². The third kappa shape index (κ3) is 4.11. The van der Waals surface area contributed by atoms with Crippen molar-refractivity contribution in [3.63, 3.8) is 0 Å². The Kier molecular flexibility index (Phi) is 5.48. The van der Waals surface area contributed by atoms with Crippen LogP contribution >= 0.6 is 11.8 Å². The summed E-state index contributed by atoms with van der Waals surface area (Å²) in [5.74, 6) is 1.21. The first-order valence-electron chi connectivity index (χ1n) is 6.63. The SMILES string of the molecule is CSCCCNC(C)c1cnn(-c2ccccc2)c1. The van der Waals surface area contributed by atoms with Gasteiger partial charge in [-0.3, -0.25) is 0 Å². The van der Waals surface area contributed by atoms with Crippen LogP contribution in [0.1, 0.15) is 24.9 Å². The van der Waals surface area contributed by atoms with Crippen molar-refractivity contribution in [2.24, 2.45) is 0 Å². The van der Waals surface area contributed by atoms with E-state index >= 15 is 0 Å². The Hall–Kier alpha value is -1.26. The monoisotopic (exact) mass is 275 g/mol. The van der Waals surface area contributed by atoms with Gasteiger partial charge in [-0.15, -0.1) is 0 Å². The highest BCUT2D eigenvalue weighted by Gasteiger charge is 2.07. The van der Waals surface area contributed by atoms with Crippen LogP contribution in [0.3, 0.4) is 0 Å². The van der Waals surface area contributed by atoms with Crippen molar-refractivity contribution in [2.75, 3.05) is 18.6 Å². The molecule has 1 heterocycles. The highest BCUT2D eigenvalue weighted by atomic mass is 32.2. The molecule has 0 amide bonds. The van der Waals surface area contributed by atoms with Crippen molar-refractivity contribution in [1.29, 1.82) is 0 Å². The summed E-state index contributed by atoms with van der Waals surface area (Å²) in [5, 5.41) is 7.96. The van der Waals surface area contributed by atoms with Crippen molar-refractivity contribution in [1.82, 2.24) is 15.1 Å². The Morgan fingerprint density at radius 2 is 2.11 bits per heavy atom. The average Bonchev–Trinajstić information content (AvgIpc) is 2.94. The molecule has 0 spiro atoms. The average molecular weight is 275 g/mol. The van der Waals surface area contributed by atoms with Crippen LogP contribution < -0.4 is 5.32 Å². The maximum absolute atomic E-state index is 4.42. The second kappa shape index (κ2) is 7.36. The fourth-order valence-corrected chi connectivity index (χ4v) is 2.37. The van der Waals surface area contributed by atoms with E-state index in [1.165, 1.54) is 17.7 Å². The third-order valence-corrected chi connectivity index (χ3v) is 3.80. The van der Waals surface area contributed by atoms with Gasteiger partial charge in [0.25, 0.3) is 0 Å². The summed E-state index contributed by atoms with van der Waals surface area (Å²) in [6.45, 7) is 3.24. The molecule has 0 aliphatic rings. The maximum Gasteiger partial charge on any atom is 0.0645 e. The number of rotatable bonds is 7. The highest BCUT2D eigenvalue weighted by Crippen LogP contribution is 2.14. The molecule has 19 heavy (non-hydrogen) atoms. The molecule has 0 radical (unpaired) electrons. The van der Waals surface area contributed by atoms with Gasteiger partial charge in [-0.1, -0.05) is 18.2 Å². The number of nitrogens with one attached hydrogen (secondary N) is 1. The zero-order valence-electron chi connectivity index (χ0n) is 11.5. The molecule has 3 nitrogen and oxygen atoms in total. The molecule has 0 saturated carbocycles. The van der Waals surface area contributed by atoms with Crippen LogP contribution in [-0.2, 0) is 0 Å². The Labute approximate surface area is 119 Å². The van der Waals surface area contributed by atoms with E-state index in [4.69, 9.17) is 0 Å². The molecular weight excluding hydrogens is 254 g/mol. The summed E-state index contributed by atoms with van der Waals surface area (Å²) >= 11 is 1.89. The molecule has 1 N–H and O–H groups in total. The van der Waals surface area contributed by atoms with Crippen LogP contribution in [0, 0.1) is 0 Å². The topological polar surface area (TPSA) is 29.9 Å². The van der Waals surface area contributed by atoms with Crippen molar-refractivity contribution in [2.45, 2.75) is 19.4 Å². The number of thioether (sulfide) groups is 1. The van der Waals surface area contributed by atoms with Crippen molar-refractivity contribution < 1.29 is 0 Å². The molecule has 4 heteroatoms. The van der Waals surface area contributed by atoms with E-state index in [9.17, 15) is 0 Å². The van der Waals surface area contributed by atoms with E-state index in [0.29, 0.717) is 6.04 Å². The standard InChI is InChI=1S/C15H21N3S/c1-13(16-9-6-10-19-2)14-11-17-18(12-14)15-7-4-3-5-8-15/h3-5,7-8,11-13,16H,6,9-10H2,1-2H3. The van der Waals surface area contributed by atoms with Gasteiger partial charge >= 0.3 is 0 Å². The van der Waals surface area contributed by atoms with Gasteiger partial charge in [-0.05, 0) is 44.0 Å². The van der Waals surface area contributed by atoms with Gasteiger partial charge in [0.05, 0.1) is 11.9 Å². The van der Waals surface area contributed by atoms with Crippen molar-refractivity contribution >= 4 is 11.8 Å². The summed E-state index contributed by atoms with van der Waals surface area (Å²) in [6.07, 6.45) is 7.40. The van der Waals surface area contributed by atoms with Gasteiger partial charge in [0, 0.05) is 17.8 Å². The van der Waals surface area contributed by atoms with E-state index in [2.05, 4.69) is 41.9 Å². The smallest absolute Gasteiger partial charge is 0.0645 e. The first-order chi connectivity index (χ1) is 9.31. The number of hydrogen-bond donors (Lipinski definition) is 1. The molecule has 1 aromatic heterocycles. The summed E-state index contributed by atoms with van der Waals surface area (Å²) in [4.78, 5) is 0. The van der Waals surface area contributed by atoms with Gasteiger partial charge in [-0.2, -0.15) is 16.9 Å². The molecule has 0 aliphatic carbocycles. The second-order valence-corrected chi connectivity index (χ2v) is 5.56. The van der Waals surface area contributed by atoms with E-state index in [-0.39, 0.29) is 0 Å². The molecule has 0 fully saturated rings. The summed E-state index contributed by atoms with van der Waals surface area (Å²) in [5.41, 5.74) is 2.33. The number of nitrogens with zero attached hydrogens (tertiary/aromatic N) is 2. The van der Waals surface area contributed by atoms with Gasteiger partial charge in [0.1, 0.15) is 0 Å². The first-order valence-corrected chi connectivity index (χ1v) is 8.03. The summed E-state index contributed by atoms with van der Waals surface area (Å²) in [7, 11) is 0. The lowest BCUT2D eigenvalue weighted by molar-refractivity contribution is 0.572. The van der Waals surface area contributed by atoms with Crippen LogP contribution in [-0.4, -0.2) is 28.3 Å². The van der Waals surface area contributed by atoms with Crippen LogP contribution in [0.25, 0.3) is 5.69 Å². The second-order valence-electron chi connectivity index (χ2n) is 4.58. The van der Waals surface area contributed by atoms with Crippen molar-refractivity contribution in [3.8, 4) is 5.69 Å². The predicted molar refractivity (Wildman–Crippen MR) is 83.0 cm³/mol. The molecule has 0 saturated heterocycles. The quantitative estimate of drug-likeness (QED) is 0.787. The molecule has 102 valence electrons. The number of benzene rings is 1. The minimum atomic E-state index is 0.347. The van der Waals surface area contributed by atoms with Crippen LogP contribution in [0.4, 0.5) is 0 Å². The van der Waals surface area contributed by atoms with E-state index in [1.54, 1.807) is 0 Å². The van der Waals surface area contributed by atoms with E-state index in [1.807, 2.05) is 40.8 Å². The summed E-state index contributed by atoms with van der Waals surface area (Å²) in [6, 6.07) is 10.5. The first kappa shape index (κ1) is 14.2. The Balaban J connectivity index is 1.93. The van der Waals surface area contributed by atoms with Crippen LogP contribution in [0.2, 0.25) is 0 Å². The third-order valence-electron chi connectivity index (χ3n) is 3.10. The van der Waals surface area contributed by atoms with Gasteiger partial charge in [0.2, 0.25) is 0 Å². The van der Waals surface area contributed by atoms with Crippen molar-refractivity contribution in [3.05, 3.63) is 48.3 Å². The number of aromatic nitrogens is 2. The molecule has 0 bridgehead atoms. The molecule has 1 unspecified atom stereocenters. The minimum Gasteiger partial charge on any atom is -0.310 e. The highest BCUT2D eigenvalue weighted by molar-refractivity contribution is 7.98. The number of hydrogen-bond acceptors (Lipinski definition) is 3. The van der Waals surface area contributed by atoms with Crippen LogP contribution in [0.5, 0.6) is 0 Å². The normalized spacial score (nSPS) is 12.5. The zero-order valence-corrected chi connectivity index (χ0v) is 12.4. The lowest BCUT2D eigenvalue weighted by atomic mass is 10.2. The number of para-hydroxylation sites is 1. The Bertz CT molecular complexity index is 481. The molecule has 2 rings (SSSR count). The Morgan fingerprint density at radius 1 is 1.32 bits per heavy atom. The predicted octanol–water partition coefficient (Wildman–Crippen LogP) is 3.28. The van der Waals surface area contributed by atoms with E-state index in [0.717, 1.165) is 12.2 Å². The largest absolute Gasteiger partial charge is 0.310 e. The molecule has 0 aliphatic heterocycles. The zero-order chi connectivity index (χ0) is 13.5.